The highest BCUT2D eigenvalue weighted by molar-refractivity contribution is 6.01. The minimum absolute atomic E-state index is 0.0791. The van der Waals surface area contributed by atoms with E-state index in [0.717, 1.165) is 23.5 Å². The van der Waals surface area contributed by atoms with Crippen LogP contribution in [0, 0.1) is 15.5 Å². The molecule has 0 bridgehead atoms. The zero-order chi connectivity index (χ0) is 23.0. The molecule has 2 aromatic carbocycles. The number of ketones is 1. The van der Waals surface area contributed by atoms with Crippen molar-refractivity contribution in [1.82, 2.24) is 0 Å². The van der Waals surface area contributed by atoms with E-state index in [1.165, 1.54) is 24.3 Å². The van der Waals surface area contributed by atoms with Gasteiger partial charge in [-0.05, 0) is 43.0 Å². The summed E-state index contributed by atoms with van der Waals surface area (Å²) in [4.78, 5) is 38.0. The molecule has 0 fully saturated rings. The SMILES string of the molecule is C[C@H]1C2=C(CC(C)(C)CC2=O)Nc2ccccc2N1CC(=O)Oc1ccc([N+](=O)[O-])cc1. The van der Waals surface area contributed by atoms with E-state index < -0.39 is 10.9 Å². The maximum Gasteiger partial charge on any atom is 0.330 e. The van der Waals surface area contributed by atoms with Crippen LogP contribution in [0.3, 0.4) is 0 Å². The van der Waals surface area contributed by atoms with Crippen LogP contribution >= 0.6 is 0 Å². The molecule has 1 N–H and O–H groups in total. The molecule has 8 heteroatoms. The molecule has 1 heterocycles. The first kappa shape index (κ1) is 21.5. The van der Waals surface area contributed by atoms with Crippen LogP contribution < -0.4 is 15.0 Å². The Labute approximate surface area is 186 Å². The summed E-state index contributed by atoms with van der Waals surface area (Å²) in [6, 6.07) is 12.7. The van der Waals surface area contributed by atoms with Crippen LogP contribution in [-0.2, 0) is 9.59 Å². The number of ether oxygens (including phenoxy) is 1. The second kappa shape index (κ2) is 8.11. The first-order valence-electron chi connectivity index (χ1n) is 10.5. The number of nitrogens with one attached hydrogen (secondary N) is 1. The molecule has 0 unspecified atom stereocenters. The van der Waals surface area contributed by atoms with Crippen molar-refractivity contribution in [3.63, 3.8) is 0 Å². The lowest BCUT2D eigenvalue weighted by Gasteiger charge is -2.35. The second-order valence-electron chi connectivity index (χ2n) is 9.00. The summed E-state index contributed by atoms with van der Waals surface area (Å²) in [6.07, 6.45) is 1.20. The number of non-ortho nitro benzene ring substituents is 1. The molecule has 0 spiro atoms. The molecule has 4 rings (SSSR count). The van der Waals surface area contributed by atoms with Gasteiger partial charge in [-0.25, -0.2) is 4.79 Å². The maximum absolute atomic E-state index is 13.1. The Kier molecular flexibility index (Phi) is 5.46. The summed E-state index contributed by atoms with van der Waals surface area (Å²) in [5.74, 6) is -0.212. The largest absolute Gasteiger partial charge is 0.425 e. The molecular weight excluding hydrogens is 410 g/mol. The number of carbonyl (C=O) groups excluding carboxylic acids is 2. The van der Waals surface area contributed by atoms with E-state index in [0.29, 0.717) is 12.0 Å². The number of nitro benzene ring substituents is 1. The van der Waals surface area contributed by atoms with Gasteiger partial charge in [0, 0.05) is 29.8 Å². The lowest BCUT2D eigenvalue weighted by Crippen LogP contribution is -2.43. The average molecular weight is 435 g/mol. The number of Topliss-reactive ketones (excluding diaryl/α,β-unsaturated/α-hetero) is 1. The van der Waals surface area contributed by atoms with Gasteiger partial charge in [-0.1, -0.05) is 26.0 Å². The number of rotatable bonds is 4. The second-order valence-corrected chi connectivity index (χ2v) is 9.00. The number of hydrogen-bond acceptors (Lipinski definition) is 7. The topological polar surface area (TPSA) is 102 Å². The van der Waals surface area contributed by atoms with Gasteiger partial charge in [0.15, 0.2) is 5.78 Å². The first-order valence-corrected chi connectivity index (χ1v) is 10.5. The molecule has 2 aromatic rings. The van der Waals surface area contributed by atoms with Gasteiger partial charge < -0.3 is 15.0 Å². The van der Waals surface area contributed by atoms with Crippen molar-refractivity contribution in [2.24, 2.45) is 5.41 Å². The van der Waals surface area contributed by atoms with Gasteiger partial charge in [0.25, 0.3) is 5.69 Å². The highest BCUT2D eigenvalue weighted by atomic mass is 16.6. The Bertz CT molecular complexity index is 1120. The number of anilines is 2. The predicted molar refractivity (Wildman–Crippen MR) is 121 cm³/mol. The van der Waals surface area contributed by atoms with Crippen molar-refractivity contribution in [1.29, 1.82) is 0 Å². The molecule has 0 saturated heterocycles. The summed E-state index contributed by atoms with van der Waals surface area (Å²) in [5, 5.41) is 14.3. The van der Waals surface area contributed by atoms with E-state index >= 15 is 0 Å². The fraction of sp³-hybridized carbons (Fsp3) is 0.333. The number of carbonyl (C=O) groups is 2. The summed E-state index contributed by atoms with van der Waals surface area (Å²) in [7, 11) is 0. The monoisotopic (exact) mass is 435 g/mol. The lowest BCUT2D eigenvalue weighted by atomic mass is 9.74. The van der Waals surface area contributed by atoms with E-state index in [1.54, 1.807) is 0 Å². The maximum atomic E-state index is 13.1. The number of allylic oxidation sites excluding steroid dienone is 1. The van der Waals surface area contributed by atoms with Gasteiger partial charge in [0.05, 0.1) is 22.3 Å². The molecular formula is C24H25N3O5. The van der Waals surface area contributed by atoms with Crippen LogP contribution in [0.2, 0.25) is 0 Å². The summed E-state index contributed by atoms with van der Waals surface area (Å²) >= 11 is 0. The van der Waals surface area contributed by atoms with E-state index in [1.807, 2.05) is 36.1 Å². The third-order valence-corrected chi connectivity index (χ3v) is 5.88. The first-order chi connectivity index (χ1) is 15.1. The zero-order valence-electron chi connectivity index (χ0n) is 18.3. The van der Waals surface area contributed by atoms with Gasteiger partial charge in [-0.3, -0.25) is 14.9 Å². The Hall–Kier alpha value is -3.68. The van der Waals surface area contributed by atoms with Gasteiger partial charge in [0.2, 0.25) is 0 Å². The van der Waals surface area contributed by atoms with Crippen LogP contribution in [-0.4, -0.2) is 29.3 Å². The van der Waals surface area contributed by atoms with Crippen molar-refractivity contribution < 1.29 is 19.2 Å². The lowest BCUT2D eigenvalue weighted by molar-refractivity contribution is -0.384. The van der Waals surface area contributed by atoms with Crippen LogP contribution in [0.15, 0.2) is 59.8 Å². The van der Waals surface area contributed by atoms with Gasteiger partial charge in [0.1, 0.15) is 12.3 Å². The zero-order valence-corrected chi connectivity index (χ0v) is 18.3. The van der Waals surface area contributed by atoms with Crippen LogP contribution in [0.25, 0.3) is 0 Å². The number of nitro groups is 1. The molecule has 32 heavy (non-hydrogen) atoms. The minimum Gasteiger partial charge on any atom is -0.425 e. The van der Waals surface area contributed by atoms with E-state index in [9.17, 15) is 19.7 Å². The number of benzene rings is 2. The van der Waals surface area contributed by atoms with Crippen LogP contribution in [0.4, 0.5) is 17.1 Å². The molecule has 8 nitrogen and oxygen atoms in total. The molecule has 0 amide bonds. The third-order valence-electron chi connectivity index (χ3n) is 5.88. The minimum atomic E-state index is -0.520. The van der Waals surface area contributed by atoms with Crippen molar-refractivity contribution in [2.75, 3.05) is 16.8 Å². The van der Waals surface area contributed by atoms with Gasteiger partial charge in [-0.15, -0.1) is 0 Å². The van der Waals surface area contributed by atoms with Crippen LogP contribution in [0.5, 0.6) is 5.75 Å². The highest BCUT2D eigenvalue weighted by Crippen LogP contribution is 2.43. The number of hydrogen-bond donors (Lipinski definition) is 1. The molecule has 166 valence electrons. The smallest absolute Gasteiger partial charge is 0.330 e. The summed E-state index contributed by atoms with van der Waals surface area (Å²) < 4.78 is 5.43. The van der Waals surface area contributed by atoms with Crippen molar-refractivity contribution in [3.05, 3.63) is 69.9 Å². The van der Waals surface area contributed by atoms with E-state index in [-0.39, 0.29) is 35.2 Å². The van der Waals surface area contributed by atoms with E-state index in [4.69, 9.17) is 4.74 Å². The number of esters is 1. The summed E-state index contributed by atoms with van der Waals surface area (Å²) in [5.41, 5.74) is 3.02. The molecule has 0 aromatic heterocycles. The average Bonchev–Trinajstić information content (AvgIpc) is 2.82. The quantitative estimate of drug-likeness (QED) is 0.327. The van der Waals surface area contributed by atoms with Gasteiger partial charge >= 0.3 is 5.97 Å². The highest BCUT2D eigenvalue weighted by Gasteiger charge is 2.39. The fourth-order valence-corrected chi connectivity index (χ4v) is 4.45. The summed E-state index contributed by atoms with van der Waals surface area (Å²) in [6.45, 7) is 6.01. The third kappa shape index (κ3) is 4.21. The number of nitrogens with zero attached hydrogens (tertiary/aromatic N) is 2. The van der Waals surface area contributed by atoms with Crippen LogP contribution in [0.1, 0.15) is 33.6 Å². The van der Waals surface area contributed by atoms with Crippen molar-refractivity contribution in [2.45, 2.75) is 39.7 Å². The Morgan fingerprint density at radius 1 is 1.19 bits per heavy atom. The number of fused-ring (bicyclic) bond motifs is 1. The molecule has 2 aliphatic rings. The normalized spacial score (nSPS) is 19.4. The van der Waals surface area contributed by atoms with Gasteiger partial charge in [-0.2, -0.15) is 0 Å². The van der Waals surface area contributed by atoms with Crippen molar-refractivity contribution in [3.8, 4) is 5.75 Å². The standard InChI is InChI=1S/C24H25N3O5/c1-15-23-19(12-24(2,3)13-21(23)28)25-18-6-4-5-7-20(18)26(15)14-22(29)32-17-10-8-16(9-11-17)27(30)31/h4-11,15,25H,12-14H2,1-3H3/t15-/m0/s1. The number of para-hydroxylation sites is 2. The fourth-order valence-electron chi connectivity index (χ4n) is 4.45. The van der Waals surface area contributed by atoms with Crippen molar-refractivity contribution >= 4 is 28.8 Å². The Morgan fingerprint density at radius 3 is 2.56 bits per heavy atom. The molecule has 1 aliphatic heterocycles. The predicted octanol–water partition coefficient (Wildman–Crippen LogP) is 4.46. The molecule has 1 atom stereocenters. The Morgan fingerprint density at radius 2 is 1.88 bits per heavy atom. The molecule has 0 saturated carbocycles. The molecule has 1 aliphatic carbocycles. The Balaban J connectivity index is 1.62. The molecule has 0 radical (unpaired) electrons. The van der Waals surface area contributed by atoms with E-state index in [2.05, 4.69) is 19.2 Å².